The van der Waals surface area contributed by atoms with Crippen molar-refractivity contribution < 1.29 is 9.47 Å². The third kappa shape index (κ3) is 3.89. The summed E-state index contributed by atoms with van der Waals surface area (Å²) in [6.45, 7) is 4.85. The molecule has 4 nitrogen and oxygen atoms in total. The van der Waals surface area contributed by atoms with E-state index in [-0.39, 0.29) is 0 Å². The molecule has 0 radical (unpaired) electrons. The topological polar surface area (TPSA) is 47.7 Å². The Morgan fingerprint density at radius 3 is 2.83 bits per heavy atom. The van der Waals surface area contributed by atoms with E-state index in [0.717, 1.165) is 44.3 Å². The Hall–Kier alpha value is -1.26. The number of methoxy groups -OCH3 is 1. The number of nitrogen functional groups attached to an aromatic ring is 1. The van der Waals surface area contributed by atoms with Gasteiger partial charge in [-0.05, 0) is 43.1 Å². The molecule has 1 unspecified atom stereocenters. The maximum Gasteiger partial charge on any atom is 0.119 e. The van der Waals surface area contributed by atoms with Gasteiger partial charge in [-0.3, -0.25) is 4.90 Å². The van der Waals surface area contributed by atoms with Gasteiger partial charge in [-0.25, -0.2) is 0 Å². The van der Waals surface area contributed by atoms with Crippen molar-refractivity contribution in [2.75, 3.05) is 45.7 Å². The van der Waals surface area contributed by atoms with Crippen LogP contribution in [0, 0.1) is 5.92 Å². The van der Waals surface area contributed by atoms with Crippen LogP contribution < -0.4 is 10.5 Å². The van der Waals surface area contributed by atoms with E-state index >= 15 is 0 Å². The number of benzene rings is 1. The van der Waals surface area contributed by atoms with Crippen LogP contribution in [0.5, 0.6) is 5.75 Å². The van der Waals surface area contributed by atoms with Gasteiger partial charge in [-0.15, -0.1) is 0 Å². The summed E-state index contributed by atoms with van der Waals surface area (Å²) in [6.07, 6.45) is 1.23. The Labute approximate surface area is 109 Å². The molecule has 1 aliphatic heterocycles. The summed E-state index contributed by atoms with van der Waals surface area (Å²) < 4.78 is 10.9. The number of nitrogens with zero attached hydrogens (tertiary/aromatic N) is 1. The summed E-state index contributed by atoms with van der Waals surface area (Å²) in [5, 5.41) is 0. The molecule has 4 heteroatoms. The van der Waals surface area contributed by atoms with Gasteiger partial charge in [0.05, 0.1) is 6.61 Å². The van der Waals surface area contributed by atoms with Crippen LogP contribution in [0.15, 0.2) is 24.3 Å². The number of rotatable bonds is 6. The first kappa shape index (κ1) is 13.2. The molecular weight excluding hydrogens is 228 g/mol. The zero-order valence-electron chi connectivity index (χ0n) is 11.0. The van der Waals surface area contributed by atoms with E-state index in [4.69, 9.17) is 15.2 Å². The summed E-state index contributed by atoms with van der Waals surface area (Å²) >= 11 is 0. The summed E-state index contributed by atoms with van der Waals surface area (Å²) in [5.74, 6) is 1.57. The lowest BCUT2D eigenvalue weighted by Crippen LogP contribution is -2.26. The fraction of sp³-hybridized carbons (Fsp3) is 0.571. The zero-order valence-corrected chi connectivity index (χ0v) is 11.0. The van der Waals surface area contributed by atoms with Gasteiger partial charge in [-0.2, -0.15) is 0 Å². The molecule has 0 bridgehead atoms. The van der Waals surface area contributed by atoms with Gasteiger partial charge in [-0.1, -0.05) is 0 Å². The summed E-state index contributed by atoms with van der Waals surface area (Å²) in [7, 11) is 1.77. The van der Waals surface area contributed by atoms with Gasteiger partial charge in [0, 0.05) is 25.9 Å². The Morgan fingerprint density at radius 1 is 1.33 bits per heavy atom. The molecular formula is C14H22N2O2. The van der Waals surface area contributed by atoms with E-state index in [1.165, 1.54) is 6.42 Å². The molecule has 1 heterocycles. The van der Waals surface area contributed by atoms with E-state index in [1.54, 1.807) is 7.11 Å². The lowest BCUT2D eigenvalue weighted by atomic mass is 10.1. The molecule has 2 rings (SSSR count). The van der Waals surface area contributed by atoms with Crippen LogP contribution in [-0.2, 0) is 4.74 Å². The van der Waals surface area contributed by atoms with E-state index < -0.39 is 0 Å². The van der Waals surface area contributed by atoms with Gasteiger partial charge >= 0.3 is 0 Å². The molecule has 1 aliphatic rings. The second kappa shape index (κ2) is 6.61. The first-order chi connectivity index (χ1) is 8.78. The minimum Gasteiger partial charge on any atom is -0.492 e. The van der Waals surface area contributed by atoms with Crippen LogP contribution in [0.1, 0.15) is 6.42 Å². The predicted molar refractivity (Wildman–Crippen MR) is 72.8 cm³/mol. The van der Waals surface area contributed by atoms with Crippen molar-refractivity contribution in [1.82, 2.24) is 4.90 Å². The molecule has 2 N–H and O–H groups in total. The van der Waals surface area contributed by atoms with Crippen molar-refractivity contribution >= 4 is 5.69 Å². The number of nitrogens with two attached hydrogens (primary N) is 1. The molecule has 0 saturated carbocycles. The third-order valence-corrected chi connectivity index (χ3v) is 3.33. The average Bonchev–Trinajstić information content (AvgIpc) is 2.80. The molecule has 0 amide bonds. The van der Waals surface area contributed by atoms with Crippen molar-refractivity contribution in [3.63, 3.8) is 0 Å². The maximum atomic E-state index is 5.69. The maximum absolute atomic E-state index is 5.69. The highest BCUT2D eigenvalue weighted by Gasteiger charge is 2.21. The quantitative estimate of drug-likeness (QED) is 0.779. The lowest BCUT2D eigenvalue weighted by Gasteiger charge is -2.16. The van der Waals surface area contributed by atoms with Gasteiger partial charge in [0.25, 0.3) is 0 Å². The summed E-state index contributed by atoms with van der Waals surface area (Å²) in [6, 6.07) is 7.54. The van der Waals surface area contributed by atoms with Crippen molar-refractivity contribution in [3.05, 3.63) is 24.3 Å². The van der Waals surface area contributed by atoms with Gasteiger partial charge < -0.3 is 15.2 Å². The molecule has 1 aromatic rings. The highest BCUT2D eigenvalue weighted by Crippen LogP contribution is 2.16. The molecule has 1 saturated heterocycles. The first-order valence-electron chi connectivity index (χ1n) is 6.47. The van der Waals surface area contributed by atoms with Crippen molar-refractivity contribution in [2.24, 2.45) is 5.92 Å². The standard InChI is InChI=1S/C14H22N2O2/c1-17-11-12-6-7-16(10-12)8-9-18-14-4-2-13(15)3-5-14/h2-5,12H,6-11,15H2,1H3. The largest absolute Gasteiger partial charge is 0.492 e. The van der Waals surface area contributed by atoms with Crippen LogP contribution in [0.4, 0.5) is 5.69 Å². The highest BCUT2D eigenvalue weighted by molar-refractivity contribution is 5.41. The Bertz CT molecular complexity index is 353. The first-order valence-corrected chi connectivity index (χ1v) is 6.47. The van der Waals surface area contributed by atoms with Crippen molar-refractivity contribution in [2.45, 2.75) is 6.42 Å². The molecule has 100 valence electrons. The normalized spacial score (nSPS) is 20.2. The van der Waals surface area contributed by atoms with Crippen molar-refractivity contribution in [3.8, 4) is 5.75 Å². The fourth-order valence-electron chi connectivity index (χ4n) is 2.34. The highest BCUT2D eigenvalue weighted by atomic mass is 16.5. The van der Waals surface area contributed by atoms with Crippen LogP contribution in [0.2, 0.25) is 0 Å². The number of likely N-dealkylation sites (tertiary alicyclic amines) is 1. The second-order valence-electron chi connectivity index (χ2n) is 4.83. The van der Waals surface area contributed by atoms with Crippen LogP contribution in [0.3, 0.4) is 0 Å². The SMILES string of the molecule is COCC1CCN(CCOc2ccc(N)cc2)C1. The molecule has 1 aromatic carbocycles. The predicted octanol–water partition coefficient (Wildman–Crippen LogP) is 1.62. The van der Waals surface area contributed by atoms with E-state index in [0.29, 0.717) is 5.92 Å². The van der Waals surface area contributed by atoms with E-state index in [1.807, 2.05) is 24.3 Å². The number of hydrogen-bond acceptors (Lipinski definition) is 4. The smallest absolute Gasteiger partial charge is 0.119 e. The molecule has 0 aliphatic carbocycles. The van der Waals surface area contributed by atoms with Crippen LogP contribution in [-0.4, -0.2) is 44.9 Å². The average molecular weight is 250 g/mol. The van der Waals surface area contributed by atoms with Crippen molar-refractivity contribution in [1.29, 1.82) is 0 Å². The van der Waals surface area contributed by atoms with E-state index in [2.05, 4.69) is 4.90 Å². The van der Waals surface area contributed by atoms with Crippen LogP contribution in [0.25, 0.3) is 0 Å². The van der Waals surface area contributed by atoms with Gasteiger partial charge in [0.15, 0.2) is 0 Å². The minimum absolute atomic E-state index is 0.687. The van der Waals surface area contributed by atoms with Gasteiger partial charge in [0.2, 0.25) is 0 Å². The Kier molecular flexibility index (Phi) is 4.84. The number of hydrogen-bond donors (Lipinski definition) is 1. The summed E-state index contributed by atoms with van der Waals surface area (Å²) in [5.41, 5.74) is 6.39. The molecule has 1 atom stereocenters. The lowest BCUT2D eigenvalue weighted by molar-refractivity contribution is 0.150. The zero-order chi connectivity index (χ0) is 12.8. The molecule has 18 heavy (non-hydrogen) atoms. The van der Waals surface area contributed by atoms with Gasteiger partial charge in [0.1, 0.15) is 12.4 Å². The van der Waals surface area contributed by atoms with E-state index in [9.17, 15) is 0 Å². The second-order valence-corrected chi connectivity index (χ2v) is 4.83. The fourth-order valence-corrected chi connectivity index (χ4v) is 2.34. The van der Waals surface area contributed by atoms with Crippen LogP contribution >= 0.6 is 0 Å². The third-order valence-electron chi connectivity index (χ3n) is 3.33. The monoisotopic (exact) mass is 250 g/mol. The number of anilines is 1. The molecule has 0 aromatic heterocycles. The molecule has 1 fully saturated rings. The minimum atomic E-state index is 0.687. The summed E-state index contributed by atoms with van der Waals surface area (Å²) in [4.78, 5) is 2.43. The Balaban J connectivity index is 1.65. The molecule has 0 spiro atoms. The Morgan fingerprint density at radius 2 is 2.11 bits per heavy atom. The number of ether oxygens (including phenoxy) is 2.